The number of nitrogens with one attached hydrogen (secondary N) is 1. The lowest BCUT2D eigenvalue weighted by Crippen LogP contribution is -2.25. The average Bonchev–Trinajstić information content (AvgIpc) is 3.26. The predicted molar refractivity (Wildman–Crippen MR) is 151 cm³/mol. The third kappa shape index (κ3) is 5.52. The summed E-state index contributed by atoms with van der Waals surface area (Å²) in [6.45, 7) is 8.55. The number of hydrogen-bond acceptors (Lipinski definition) is 7. The summed E-state index contributed by atoms with van der Waals surface area (Å²) in [4.78, 5) is 26.3. The van der Waals surface area contributed by atoms with Crippen LogP contribution in [0.3, 0.4) is 0 Å². The van der Waals surface area contributed by atoms with E-state index in [0.29, 0.717) is 40.7 Å². The number of benzene rings is 1. The average molecular weight is 532 g/mol. The standard InChI is InChI=1S/C26H24ClN7O2.C2H6/c1-14-6-23(28)32-15(2)20(14)11-31-26(35)25-19-9-24(36-3)30-12-22(19)34(33-25)13-16-4-5-21-17(7-16)8-18(27)10-29-21;1-2/h4-10,12H,11,13H2,1-3H3,(H2,28,32)(H,31,35);1-2H3. The quantitative estimate of drug-likeness (QED) is 0.307. The maximum atomic E-state index is 13.3. The minimum Gasteiger partial charge on any atom is -0.481 e. The van der Waals surface area contributed by atoms with Crippen LogP contribution in [-0.4, -0.2) is 37.7 Å². The second-order valence-electron chi connectivity index (χ2n) is 8.54. The SMILES string of the molecule is CC.COc1cc2c(C(=O)NCc3c(C)cc(N)nc3C)nn(Cc3ccc4ncc(Cl)cc4c3)c2cn1. The highest BCUT2D eigenvalue weighted by Gasteiger charge is 2.19. The summed E-state index contributed by atoms with van der Waals surface area (Å²) in [5.74, 6) is 0.546. The highest BCUT2D eigenvalue weighted by atomic mass is 35.5. The molecule has 9 nitrogen and oxygen atoms in total. The highest BCUT2D eigenvalue weighted by Crippen LogP contribution is 2.25. The zero-order chi connectivity index (χ0) is 27.4. The van der Waals surface area contributed by atoms with Gasteiger partial charge in [0.15, 0.2) is 5.69 Å². The van der Waals surface area contributed by atoms with E-state index in [-0.39, 0.29) is 11.6 Å². The summed E-state index contributed by atoms with van der Waals surface area (Å²) >= 11 is 6.12. The van der Waals surface area contributed by atoms with Gasteiger partial charge in [-0.1, -0.05) is 31.5 Å². The van der Waals surface area contributed by atoms with Gasteiger partial charge in [0, 0.05) is 35.3 Å². The monoisotopic (exact) mass is 531 g/mol. The minimum atomic E-state index is -0.308. The van der Waals surface area contributed by atoms with Crippen molar-refractivity contribution < 1.29 is 9.53 Å². The van der Waals surface area contributed by atoms with Crippen LogP contribution in [0.25, 0.3) is 21.8 Å². The van der Waals surface area contributed by atoms with E-state index in [0.717, 1.165) is 33.3 Å². The molecule has 0 saturated carbocycles. The Morgan fingerprint density at radius 1 is 1.11 bits per heavy atom. The molecule has 0 saturated heterocycles. The lowest BCUT2D eigenvalue weighted by atomic mass is 10.1. The number of aromatic nitrogens is 5. The molecule has 3 N–H and O–H groups in total. The first-order valence-corrected chi connectivity index (χ1v) is 12.7. The minimum absolute atomic E-state index is 0.287. The summed E-state index contributed by atoms with van der Waals surface area (Å²) in [6, 6.07) is 11.3. The molecule has 0 aliphatic carbocycles. The summed E-state index contributed by atoms with van der Waals surface area (Å²) in [6.07, 6.45) is 3.29. The molecule has 5 rings (SSSR count). The first kappa shape index (κ1) is 26.8. The largest absolute Gasteiger partial charge is 0.481 e. The van der Waals surface area contributed by atoms with Crippen LogP contribution < -0.4 is 15.8 Å². The number of amides is 1. The number of nitrogens with zero attached hydrogens (tertiary/aromatic N) is 5. The Morgan fingerprint density at radius 2 is 1.89 bits per heavy atom. The van der Waals surface area contributed by atoms with Crippen LogP contribution in [-0.2, 0) is 13.1 Å². The van der Waals surface area contributed by atoms with E-state index in [1.807, 2.05) is 52.0 Å². The van der Waals surface area contributed by atoms with Crippen molar-refractivity contribution in [3.63, 3.8) is 0 Å². The van der Waals surface area contributed by atoms with Crippen molar-refractivity contribution in [1.29, 1.82) is 0 Å². The third-order valence-corrected chi connectivity index (χ3v) is 6.29. The van der Waals surface area contributed by atoms with E-state index >= 15 is 0 Å². The van der Waals surface area contributed by atoms with Gasteiger partial charge in [-0.15, -0.1) is 0 Å². The van der Waals surface area contributed by atoms with Crippen LogP contribution in [0.15, 0.2) is 48.8 Å². The van der Waals surface area contributed by atoms with Gasteiger partial charge in [0.2, 0.25) is 5.88 Å². The topological polar surface area (TPSA) is 121 Å². The van der Waals surface area contributed by atoms with Crippen molar-refractivity contribution in [2.75, 3.05) is 12.8 Å². The summed E-state index contributed by atoms with van der Waals surface area (Å²) in [7, 11) is 1.53. The Bertz CT molecular complexity index is 1610. The molecule has 5 aromatic rings. The molecule has 0 fully saturated rings. The van der Waals surface area contributed by atoms with Crippen molar-refractivity contribution in [1.82, 2.24) is 30.0 Å². The molecule has 0 aliphatic heterocycles. The molecule has 4 heterocycles. The van der Waals surface area contributed by atoms with E-state index in [2.05, 4.69) is 25.4 Å². The number of nitrogen functional groups attached to an aromatic ring is 1. The van der Waals surface area contributed by atoms with Crippen LogP contribution in [0.1, 0.15) is 46.7 Å². The number of anilines is 1. The zero-order valence-electron chi connectivity index (χ0n) is 22.0. The number of fused-ring (bicyclic) bond motifs is 2. The van der Waals surface area contributed by atoms with E-state index in [4.69, 9.17) is 22.1 Å². The van der Waals surface area contributed by atoms with Gasteiger partial charge < -0.3 is 15.8 Å². The molecule has 0 unspecified atom stereocenters. The lowest BCUT2D eigenvalue weighted by Gasteiger charge is -2.11. The maximum Gasteiger partial charge on any atom is 0.272 e. The molecule has 0 atom stereocenters. The number of nitrogens with two attached hydrogens (primary N) is 1. The number of carbonyl (C=O) groups is 1. The molecule has 0 spiro atoms. The van der Waals surface area contributed by atoms with E-state index in [9.17, 15) is 4.79 Å². The Balaban J connectivity index is 0.00000164. The number of methoxy groups -OCH3 is 1. The third-order valence-electron chi connectivity index (χ3n) is 6.08. The number of halogens is 1. The fraction of sp³-hybridized carbons (Fsp3) is 0.250. The number of aryl methyl sites for hydroxylation is 2. The fourth-order valence-electron chi connectivity index (χ4n) is 4.29. The molecule has 1 aromatic carbocycles. The van der Waals surface area contributed by atoms with Crippen LogP contribution in [0.4, 0.5) is 5.82 Å². The molecule has 0 bridgehead atoms. The van der Waals surface area contributed by atoms with Gasteiger partial charge in [0.25, 0.3) is 5.91 Å². The first-order chi connectivity index (χ1) is 18.3. The summed E-state index contributed by atoms with van der Waals surface area (Å²) in [5.41, 5.74) is 11.3. The molecule has 196 valence electrons. The van der Waals surface area contributed by atoms with Crippen LogP contribution in [0.2, 0.25) is 5.02 Å². The highest BCUT2D eigenvalue weighted by molar-refractivity contribution is 6.31. The maximum absolute atomic E-state index is 13.3. The van der Waals surface area contributed by atoms with Gasteiger partial charge in [-0.3, -0.25) is 14.5 Å². The Morgan fingerprint density at radius 3 is 2.63 bits per heavy atom. The number of hydrogen-bond donors (Lipinski definition) is 2. The van der Waals surface area contributed by atoms with Crippen molar-refractivity contribution in [2.24, 2.45) is 0 Å². The molecule has 38 heavy (non-hydrogen) atoms. The molecular weight excluding hydrogens is 502 g/mol. The lowest BCUT2D eigenvalue weighted by molar-refractivity contribution is 0.0946. The molecule has 1 amide bonds. The van der Waals surface area contributed by atoms with Crippen molar-refractivity contribution in [3.8, 4) is 5.88 Å². The van der Waals surface area contributed by atoms with Crippen LogP contribution >= 0.6 is 11.6 Å². The van der Waals surface area contributed by atoms with Gasteiger partial charge >= 0.3 is 0 Å². The van der Waals surface area contributed by atoms with Crippen molar-refractivity contribution >= 4 is 45.1 Å². The van der Waals surface area contributed by atoms with Crippen LogP contribution in [0, 0.1) is 13.8 Å². The fourth-order valence-corrected chi connectivity index (χ4v) is 4.45. The van der Waals surface area contributed by atoms with Gasteiger partial charge in [-0.25, -0.2) is 9.97 Å². The van der Waals surface area contributed by atoms with Gasteiger partial charge in [-0.2, -0.15) is 5.10 Å². The second kappa shape index (κ2) is 11.4. The second-order valence-corrected chi connectivity index (χ2v) is 8.98. The van der Waals surface area contributed by atoms with Crippen molar-refractivity contribution in [2.45, 2.75) is 40.8 Å². The molecule has 4 aromatic heterocycles. The van der Waals surface area contributed by atoms with Gasteiger partial charge in [0.1, 0.15) is 5.82 Å². The van der Waals surface area contributed by atoms with Gasteiger partial charge in [0.05, 0.1) is 35.9 Å². The number of ether oxygens (including phenoxy) is 1. The normalized spacial score (nSPS) is 10.8. The van der Waals surface area contributed by atoms with E-state index in [1.165, 1.54) is 7.11 Å². The predicted octanol–water partition coefficient (Wildman–Crippen LogP) is 5.24. The first-order valence-electron chi connectivity index (χ1n) is 12.3. The van der Waals surface area contributed by atoms with E-state index < -0.39 is 0 Å². The van der Waals surface area contributed by atoms with Gasteiger partial charge in [-0.05, 0) is 54.8 Å². The summed E-state index contributed by atoms with van der Waals surface area (Å²) in [5, 5.41) is 9.78. The van der Waals surface area contributed by atoms with E-state index in [1.54, 1.807) is 29.2 Å². The molecule has 0 radical (unpaired) electrons. The zero-order valence-corrected chi connectivity index (χ0v) is 22.8. The number of rotatable bonds is 6. The smallest absolute Gasteiger partial charge is 0.272 e. The summed E-state index contributed by atoms with van der Waals surface area (Å²) < 4.78 is 7.06. The van der Waals surface area contributed by atoms with Crippen LogP contribution in [0.5, 0.6) is 5.88 Å². The number of carbonyl (C=O) groups excluding carboxylic acids is 1. The molecule has 0 aliphatic rings. The Hall–Kier alpha value is -4.24. The molecular formula is C28H30ClN7O2. The Kier molecular flexibility index (Phi) is 8.07. The Labute approximate surface area is 226 Å². The van der Waals surface area contributed by atoms with Crippen molar-refractivity contribution in [3.05, 3.63) is 81.9 Å². The number of pyridine rings is 3. The molecule has 10 heteroatoms.